The SMILES string of the molecule is CC(C)(O)c1ccc(CNC(=O)c2cccnc2Oc2cccc3c2CCC3=O)cc1. The van der Waals surface area contributed by atoms with Gasteiger partial charge in [-0.3, -0.25) is 9.59 Å². The Labute approximate surface area is 180 Å². The standard InChI is InChI=1S/C25H24N2O4/c1-25(2,30)17-10-8-16(9-11-17)15-27-23(29)20-6-4-14-26-24(20)31-22-7-3-5-18-19(22)12-13-21(18)28/h3-11,14,30H,12-13,15H2,1-2H3,(H,27,29). The van der Waals surface area contributed by atoms with E-state index in [0.717, 1.165) is 16.7 Å². The van der Waals surface area contributed by atoms with E-state index < -0.39 is 5.60 Å². The van der Waals surface area contributed by atoms with Gasteiger partial charge in [-0.1, -0.05) is 36.4 Å². The van der Waals surface area contributed by atoms with Crippen LogP contribution in [0.1, 0.15) is 57.7 Å². The van der Waals surface area contributed by atoms with Crippen molar-refractivity contribution in [1.29, 1.82) is 0 Å². The number of benzene rings is 2. The molecule has 0 saturated carbocycles. The molecule has 31 heavy (non-hydrogen) atoms. The first-order chi connectivity index (χ1) is 14.8. The average Bonchev–Trinajstić information content (AvgIpc) is 3.14. The molecule has 0 aliphatic heterocycles. The number of hydrogen-bond acceptors (Lipinski definition) is 5. The number of fused-ring (bicyclic) bond motifs is 1. The number of rotatable bonds is 6. The van der Waals surface area contributed by atoms with E-state index in [2.05, 4.69) is 10.3 Å². The van der Waals surface area contributed by atoms with Crippen LogP contribution < -0.4 is 10.1 Å². The van der Waals surface area contributed by atoms with Crippen molar-refractivity contribution in [3.05, 3.63) is 88.6 Å². The lowest BCUT2D eigenvalue weighted by Gasteiger charge is -2.18. The maximum Gasteiger partial charge on any atom is 0.257 e. The molecule has 1 amide bonds. The van der Waals surface area contributed by atoms with Crippen molar-refractivity contribution in [2.24, 2.45) is 0 Å². The zero-order valence-corrected chi connectivity index (χ0v) is 17.5. The topological polar surface area (TPSA) is 88.5 Å². The molecule has 1 heterocycles. The lowest BCUT2D eigenvalue weighted by molar-refractivity contribution is 0.0785. The summed E-state index contributed by atoms with van der Waals surface area (Å²) in [6.45, 7) is 3.78. The van der Waals surface area contributed by atoms with Gasteiger partial charge in [0.05, 0.1) is 5.60 Å². The summed E-state index contributed by atoms with van der Waals surface area (Å²) in [7, 11) is 0. The predicted molar refractivity (Wildman–Crippen MR) is 116 cm³/mol. The number of carbonyl (C=O) groups excluding carboxylic acids is 2. The van der Waals surface area contributed by atoms with Gasteiger partial charge in [0.15, 0.2) is 5.78 Å². The number of carbonyl (C=O) groups is 2. The maximum atomic E-state index is 12.8. The van der Waals surface area contributed by atoms with Gasteiger partial charge >= 0.3 is 0 Å². The van der Waals surface area contributed by atoms with Gasteiger partial charge in [-0.2, -0.15) is 0 Å². The molecule has 6 heteroatoms. The first kappa shape index (κ1) is 20.8. The summed E-state index contributed by atoms with van der Waals surface area (Å²) in [5.74, 6) is 0.553. The number of aliphatic hydroxyl groups is 1. The molecule has 1 aliphatic carbocycles. The van der Waals surface area contributed by atoms with Crippen molar-refractivity contribution in [3.63, 3.8) is 0 Å². The maximum absolute atomic E-state index is 12.8. The molecule has 0 saturated heterocycles. The fourth-order valence-electron chi connectivity index (χ4n) is 3.61. The highest BCUT2D eigenvalue weighted by molar-refractivity contribution is 6.01. The molecule has 0 fully saturated rings. The Morgan fingerprint density at radius 1 is 1.10 bits per heavy atom. The zero-order chi connectivity index (χ0) is 22.0. The van der Waals surface area contributed by atoms with Crippen LogP contribution in [0.4, 0.5) is 0 Å². The van der Waals surface area contributed by atoms with Crippen molar-refractivity contribution in [2.75, 3.05) is 0 Å². The molecule has 1 aromatic heterocycles. The minimum absolute atomic E-state index is 0.107. The summed E-state index contributed by atoms with van der Waals surface area (Å²) in [5.41, 5.74) is 2.65. The fourth-order valence-corrected chi connectivity index (χ4v) is 3.61. The van der Waals surface area contributed by atoms with Gasteiger partial charge in [0, 0.05) is 30.3 Å². The van der Waals surface area contributed by atoms with E-state index in [0.29, 0.717) is 36.3 Å². The number of pyridine rings is 1. The summed E-state index contributed by atoms with van der Waals surface area (Å²) in [6, 6.07) is 16.1. The van der Waals surface area contributed by atoms with Crippen LogP contribution in [-0.4, -0.2) is 21.8 Å². The van der Waals surface area contributed by atoms with Gasteiger partial charge in [0.25, 0.3) is 5.91 Å². The Balaban J connectivity index is 1.49. The van der Waals surface area contributed by atoms with Gasteiger partial charge < -0.3 is 15.2 Å². The number of hydrogen-bond donors (Lipinski definition) is 2. The molecule has 0 bridgehead atoms. The molecule has 6 nitrogen and oxygen atoms in total. The second-order valence-corrected chi connectivity index (χ2v) is 8.10. The smallest absolute Gasteiger partial charge is 0.257 e. The van der Waals surface area contributed by atoms with Crippen LogP contribution in [0.15, 0.2) is 60.8 Å². The number of amides is 1. The fraction of sp³-hybridized carbons (Fsp3) is 0.240. The Morgan fingerprint density at radius 3 is 2.61 bits per heavy atom. The van der Waals surface area contributed by atoms with Crippen LogP contribution >= 0.6 is 0 Å². The molecule has 0 unspecified atom stereocenters. The van der Waals surface area contributed by atoms with Crippen LogP contribution in [0, 0.1) is 0 Å². The van der Waals surface area contributed by atoms with Crippen LogP contribution in [0.25, 0.3) is 0 Å². The number of Topliss-reactive ketones (excluding diaryl/α,β-unsaturated/α-hetero) is 1. The highest BCUT2D eigenvalue weighted by Gasteiger charge is 2.24. The minimum Gasteiger partial charge on any atom is -0.438 e. The van der Waals surface area contributed by atoms with Crippen LogP contribution in [-0.2, 0) is 18.6 Å². The molecule has 4 rings (SSSR count). The van der Waals surface area contributed by atoms with E-state index in [1.165, 1.54) is 0 Å². The van der Waals surface area contributed by atoms with Crippen molar-refractivity contribution >= 4 is 11.7 Å². The Morgan fingerprint density at radius 2 is 1.87 bits per heavy atom. The van der Waals surface area contributed by atoms with Crippen molar-refractivity contribution in [3.8, 4) is 11.6 Å². The summed E-state index contributed by atoms with van der Waals surface area (Å²) in [4.78, 5) is 29.0. The molecule has 0 atom stereocenters. The number of aromatic nitrogens is 1. The molecule has 0 spiro atoms. The minimum atomic E-state index is -0.911. The molecule has 3 aromatic rings. The van der Waals surface area contributed by atoms with Crippen molar-refractivity contribution < 1.29 is 19.4 Å². The van der Waals surface area contributed by atoms with Gasteiger partial charge in [-0.25, -0.2) is 4.98 Å². The number of nitrogens with one attached hydrogen (secondary N) is 1. The molecule has 2 N–H and O–H groups in total. The lowest BCUT2D eigenvalue weighted by Crippen LogP contribution is -2.23. The monoisotopic (exact) mass is 416 g/mol. The number of nitrogens with zero attached hydrogens (tertiary/aromatic N) is 1. The van der Waals surface area contributed by atoms with Gasteiger partial charge in [-0.05, 0) is 49.6 Å². The predicted octanol–water partition coefficient (Wildman–Crippen LogP) is 4.16. The largest absolute Gasteiger partial charge is 0.438 e. The van der Waals surface area contributed by atoms with Crippen LogP contribution in [0.3, 0.4) is 0 Å². The zero-order valence-electron chi connectivity index (χ0n) is 17.5. The second kappa shape index (κ2) is 8.32. The van der Waals surface area contributed by atoms with Crippen LogP contribution in [0.5, 0.6) is 11.6 Å². The van der Waals surface area contributed by atoms with Gasteiger partial charge in [0.2, 0.25) is 5.88 Å². The third kappa shape index (κ3) is 4.49. The van der Waals surface area contributed by atoms with E-state index >= 15 is 0 Å². The second-order valence-electron chi connectivity index (χ2n) is 8.10. The highest BCUT2D eigenvalue weighted by atomic mass is 16.5. The van der Waals surface area contributed by atoms with E-state index in [1.54, 1.807) is 50.4 Å². The van der Waals surface area contributed by atoms with E-state index in [-0.39, 0.29) is 17.6 Å². The quantitative estimate of drug-likeness (QED) is 0.630. The Kier molecular flexibility index (Phi) is 5.57. The third-order valence-corrected chi connectivity index (χ3v) is 5.37. The van der Waals surface area contributed by atoms with Crippen molar-refractivity contribution in [1.82, 2.24) is 10.3 Å². The molecule has 0 radical (unpaired) electrons. The number of ketones is 1. The van der Waals surface area contributed by atoms with Gasteiger partial charge in [0.1, 0.15) is 11.3 Å². The number of ether oxygens (including phenoxy) is 1. The van der Waals surface area contributed by atoms with E-state index in [4.69, 9.17) is 4.74 Å². The summed E-state index contributed by atoms with van der Waals surface area (Å²) < 4.78 is 5.98. The molecular formula is C25H24N2O4. The third-order valence-electron chi connectivity index (χ3n) is 5.37. The summed E-state index contributed by atoms with van der Waals surface area (Å²) in [6.07, 6.45) is 2.66. The molecule has 158 valence electrons. The molecule has 1 aliphatic rings. The molecule has 2 aromatic carbocycles. The van der Waals surface area contributed by atoms with E-state index in [1.807, 2.05) is 24.3 Å². The van der Waals surface area contributed by atoms with Crippen molar-refractivity contribution in [2.45, 2.75) is 38.8 Å². The summed E-state index contributed by atoms with van der Waals surface area (Å²) in [5, 5.41) is 12.9. The van der Waals surface area contributed by atoms with E-state index in [9.17, 15) is 14.7 Å². The van der Waals surface area contributed by atoms with Crippen LogP contribution in [0.2, 0.25) is 0 Å². The lowest BCUT2D eigenvalue weighted by atomic mass is 9.97. The first-order valence-electron chi connectivity index (χ1n) is 10.2. The average molecular weight is 416 g/mol. The Bertz CT molecular complexity index is 1130. The van der Waals surface area contributed by atoms with Gasteiger partial charge in [-0.15, -0.1) is 0 Å². The normalized spacial score (nSPS) is 13.1. The summed E-state index contributed by atoms with van der Waals surface area (Å²) >= 11 is 0. The highest BCUT2D eigenvalue weighted by Crippen LogP contribution is 2.33. The molecular weight excluding hydrogens is 392 g/mol. The Hall–Kier alpha value is -3.51. The first-order valence-corrected chi connectivity index (χ1v) is 10.2.